The number of carbonyl (C=O) groups is 1. The van der Waals surface area contributed by atoms with Crippen molar-refractivity contribution in [1.82, 2.24) is 5.32 Å². The molecule has 1 aliphatic heterocycles. The van der Waals surface area contributed by atoms with Crippen LogP contribution in [0.2, 0.25) is 0 Å². The van der Waals surface area contributed by atoms with Crippen LogP contribution in [0.5, 0.6) is 5.75 Å². The van der Waals surface area contributed by atoms with Crippen molar-refractivity contribution in [3.63, 3.8) is 0 Å². The van der Waals surface area contributed by atoms with Gasteiger partial charge in [-0.15, -0.1) is 0 Å². The smallest absolute Gasteiger partial charge is 0.220 e. The summed E-state index contributed by atoms with van der Waals surface area (Å²) in [4.78, 5) is 14.7. The lowest BCUT2D eigenvalue weighted by Gasteiger charge is -2.27. The Morgan fingerprint density at radius 2 is 2.08 bits per heavy atom. The van der Waals surface area contributed by atoms with Gasteiger partial charge in [0, 0.05) is 31.2 Å². The van der Waals surface area contributed by atoms with Crippen molar-refractivity contribution in [3.05, 3.63) is 58.6 Å². The Morgan fingerprint density at radius 3 is 2.81 bits per heavy atom. The Hall–Kier alpha value is -2.01. The number of amides is 1. The monoisotopic (exact) mass is 416 g/mol. The molecule has 0 saturated carbocycles. The molecule has 1 heterocycles. The second-order valence-corrected chi connectivity index (χ2v) is 7.45. The van der Waals surface area contributed by atoms with Crippen molar-refractivity contribution in [2.45, 2.75) is 31.7 Å². The highest BCUT2D eigenvalue weighted by molar-refractivity contribution is 9.10. The number of methoxy groups -OCH3 is 1. The molecule has 4 nitrogen and oxygen atoms in total. The zero-order valence-electron chi connectivity index (χ0n) is 15.1. The quantitative estimate of drug-likeness (QED) is 0.735. The first-order valence-electron chi connectivity index (χ1n) is 9.08. The first kappa shape index (κ1) is 18.8. The van der Waals surface area contributed by atoms with E-state index in [9.17, 15) is 4.79 Å². The summed E-state index contributed by atoms with van der Waals surface area (Å²) >= 11 is 3.49. The largest absolute Gasteiger partial charge is 0.496 e. The van der Waals surface area contributed by atoms with Gasteiger partial charge in [0.2, 0.25) is 5.91 Å². The number of hydrogen-bond donors (Lipinski definition) is 1. The molecule has 1 atom stereocenters. The van der Waals surface area contributed by atoms with E-state index in [4.69, 9.17) is 4.74 Å². The van der Waals surface area contributed by atoms with Crippen molar-refractivity contribution in [3.8, 4) is 5.75 Å². The van der Waals surface area contributed by atoms with Gasteiger partial charge in [-0.1, -0.05) is 24.3 Å². The summed E-state index contributed by atoms with van der Waals surface area (Å²) in [7, 11) is 1.65. The predicted octanol–water partition coefficient (Wildman–Crippen LogP) is 4.18. The van der Waals surface area contributed by atoms with Gasteiger partial charge in [-0.25, -0.2) is 0 Å². The summed E-state index contributed by atoms with van der Waals surface area (Å²) in [5.74, 6) is 0.914. The van der Waals surface area contributed by atoms with Gasteiger partial charge in [-0.3, -0.25) is 4.79 Å². The molecule has 1 N–H and O–H groups in total. The van der Waals surface area contributed by atoms with Gasteiger partial charge >= 0.3 is 0 Å². The molecule has 0 spiro atoms. The molecule has 3 rings (SSSR count). The van der Waals surface area contributed by atoms with Crippen LogP contribution in [0.25, 0.3) is 0 Å². The highest BCUT2D eigenvalue weighted by Gasteiger charge is 2.24. The molecule has 1 aliphatic rings. The Labute approximate surface area is 163 Å². The van der Waals surface area contributed by atoms with Gasteiger partial charge in [-0.2, -0.15) is 0 Å². The number of para-hydroxylation sites is 1. The Balaban J connectivity index is 1.47. The standard InChI is InChI=1S/C21H25BrN2O2/c1-26-20-11-9-16(14-19(20)22)10-12-21(25)23-15-18-8-5-13-24(18)17-6-3-2-4-7-17/h2-4,6-7,9,11,14,18H,5,8,10,12-13,15H2,1H3,(H,23,25)/t18-/m1/s1. The molecule has 1 fully saturated rings. The number of hydrogen-bond acceptors (Lipinski definition) is 3. The van der Waals surface area contributed by atoms with Crippen LogP contribution in [0.3, 0.4) is 0 Å². The van der Waals surface area contributed by atoms with Gasteiger partial charge < -0.3 is 15.0 Å². The van der Waals surface area contributed by atoms with Crippen molar-refractivity contribution in [2.75, 3.05) is 25.1 Å². The maximum Gasteiger partial charge on any atom is 0.220 e. The minimum Gasteiger partial charge on any atom is -0.496 e. The van der Waals surface area contributed by atoms with Crippen molar-refractivity contribution in [1.29, 1.82) is 0 Å². The number of rotatable bonds is 7. The topological polar surface area (TPSA) is 41.6 Å². The number of nitrogens with zero attached hydrogens (tertiary/aromatic N) is 1. The second kappa shape index (κ2) is 9.08. The van der Waals surface area contributed by atoms with Crippen LogP contribution < -0.4 is 15.0 Å². The third kappa shape index (κ3) is 4.79. The molecule has 2 aromatic carbocycles. The molecule has 1 amide bonds. The van der Waals surface area contributed by atoms with Crippen LogP contribution in [0, 0.1) is 0 Å². The van der Waals surface area contributed by atoms with Crippen LogP contribution >= 0.6 is 15.9 Å². The van der Waals surface area contributed by atoms with Crippen molar-refractivity contribution >= 4 is 27.5 Å². The lowest BCUT2D eigenvalue weighted by atomic mass is 10.1. The van der Waals surface area contributed by atoms with Gasteiger partial charge in [0.15, 0.2) is 0 Å². The Kier molecular flexibility index (Phi) is 6.56. The molecule has 1 saturated heterocycles. The maximum atomic E-state index is 12.3. The Bertz CT molecular complexity index is 736. The number of benzene rings is 2. The fourth-order valence-electron chi connectivity index (χ4n) is 3.45. The molecule has 138 valence electrons. The number of nitrogens with one attached hydrogen (secondary N) is 1. The number of halogens is 1. The van der Waals surface area contributed by atoms with Gasteiger partial charge in [0.1, 0.15) is 5.75 Å². The number of aryl methyl sites for hydroxylation is 1. The average molecular weight is 417 g/mol. The average Bonchev–Trinajstić information content (AvgIpc) is 3.14. The highest BCUT2D eigenvalue weighted by Crippen LogP contribution is 2.26. The fraction of sp³-hybridized carbons (Fsp3) is 0.381. The van der Waals surface area contributed by atoms with E-state index in [0.717, 1.165) is 35.2 Å². The van der Waals surface area contributed by atoms with E-state index in [1.165, 1.54) is 12.1 Å². The van der Waals surface area contributed by atoms with Crippen LogP contribution in [-0.4, -0.2) is 32.1 Å². The zero-order valence-corrected chi connectivity index (χ0v) is 16.7. The minimum absolute atomic E-state index is 0.108. The lowest BCUT2D eigenvalue weighted by molar-refractivity contribution is -0.121. The van der Waals surface area contributed by atoms with E-state index in [1.54, 1.807) is 7.11 Å². The lowest BCUT2D eigenvalue weighted by Crippen LogP contribution is -2.40. The molecule has 0 aromatic heterocycles. The van der Waals surface area contributed by atoms with Crippen LogP contribution in [0.4, 0.5) is 5.69 Å². The van der Waals surface area contributed by atoms with E-state index in [2.05, 4.69) is 50.4 Å². The summed E-state index contributed by atoms with van der Waals surface area (Å²) in [6.07, 6.45) is 3.52. The molecule has 0 unspecified atom stereocenters. The SMILES string of the molecule is COc1ccc(CCC(=O)NC[C@H]2CCCN2c2ccccc2)cc1Br. The van der Waals surface area contributed by atoms with Crippen molar-refractivity contribution in [2.24, 2.45) is 0 Å². The maximum absolute atomic E-state index is 12.3. The summed E-state index contributed by atoms with van der Waals surface area (Å²) in [5.41, 5.74) is 2.37. The molecular weight excluding hydrogens is 392 g/mol. The van der Waals surface area contributed by atoms with Gasteiger partial charge in [0.05, 0.1) is 11.6 Å². The summed E-state index contributed by atoms with van der Waals surface area (Å²) < 4.78 is 6.16. The minimum atomic E-state index is 0.108. The van der Waals surface area contributed by atoms with E-state index >= 15 is 0 Å². The van der Waals surface area contributed by atoms with E-state index < -0.39 is 0 Å². The number of carbonyl (C=O) groups excluding carboxylic acids is 1. The van der Waals surface area contributed by atoms with Crippen molar-refractivity contribution < 1.29 is 9.53 Å². The number of ether oxygens (including phenoxy) is 1. The molecule has 0 bridgehead atoms. The van der Waals surface area contributed by atoms with E-state index in [1.807, 2.05) is 24.3 Å². The summed E-state index contributed by atoms with van der Waals surface area (Å²) in [6.45, 7) is 1.77. The predicted molar refractivity (Wildman–Crippen MR) is 109 cm³/mol. The Morgan fingerprint density at radius 1 is 1.27 bits per heavy atom. The van der Waals surface area contributed by atoms with Crippen LogP contribution in [0.1, 0.15) is 24.8 Å². The molecular formula is C21H25BrN2O2. The second-order valence-electron chi connectivity index (χ2n) is 6.60. The van der Waals surface area contributed by atoms with E-state index in [0.29, 0.717) is 19.0 Å². The highest BCUT2D eigenvalue weighted by atomic mass is 79.9. The normalized spacial score (nSPS) is 16.5. The first-order valence-corrected chi connectivity index (χ1v) is 9.87. The molecule has 5 heteroatoms. The summed E-state index contributed by atoms with van der Waals surface area (Å²) in [6, 6.07) is 16.8. The third-order valence-corrected chi connectivity index (χ3v) is 5.48. The van der Waals surface area contributed by atoms with E-state index in [-0.39, 0.29) is 5.91 Å². The first-order chi connectivity index (χ1) is 12.7. The van der Waals surface area contributed by atoms with Gasteiger partial charge in [-0.05, 0) is 65.0 Å². The molecule has 26 heavy (non-hydrogen) atoms. The molecule has 0 aliphatic carbocycles. The zero-order chi connectivity index (χ0) is 18.4. The number of anilines is 1. The van der Waals surface area contributed by atoms with Gasteiger partial charge in [0.25, 0.3) is 0 Å². The fourth-order valence-corrected chi connectivity index (χ4v) is 4.04. The summed E-state index contributed by atoms with van der Waals surface area (Å²) in [5, 5.41) is 3.11. The molecule has 0 radical (unpaired) electrons. The van der Waals surface area contributed by atoms with Crippen LogP contribution in [0.15, 0.2) is 53.0 Å². The third-order valence-electron chi connectivity index (χ3n) is 4.86. The van der Waals surface area contributed by atoms with Crippen LogP contribution in [-0.2, 0) is 11.2 Å². The molecule has 2 aromatic rings.